The summed E-state index contributed by atoms with van der Waals surface area (Å²) in [7, 11) is 0. The Balaban J connectivity index is 2.63. The zero-order chi connectivity index (χ0) is 9.84. The summed E-state index contributed by atoms with van der Waals surface area (Å²) in [4.78, 5) is 11.0. The molecule has 0 aromatic carbocycles. The fourth-order valence-electron chi connectivity index (χ4n) is 1.95. The van der Waals surface area contributed by atoms with E-state index in [4.69, 9.17) is 5.41 Å². The van der Waals surface area contributed by atoms with Crippen molar-refractivity contribution < 1.29 is 4.79 Å². The van der Waals surface area contributed by atoms with Crippen LogP contribution in [0.1, 0.15) is 33.1 Å². The van der Waals surface area contributed by atoms with Gasteiger partial charge in [-0.25, -0.2) is 0 Å². The van der Waals surface area contributed by atoms with Gasteiger partial charge in [0.05, 0.1) is 0 Å². The molecule has 1 aliphatic rings. The van der Waals surface area contributed by atoms with Crippen LogP contribution in [0.2, 0.25) is 0 Å². The van der Waals surface area contributed by atoms with Crippen molar-refractivity contribution >= 4 is 12.0 Å². The smallest absolute Gasteiger partial charge is 0.130 e. The zero-order valence-corrected chi connectivity index (χ0v) is 8.34. The largest absolute Gasteiger partial charge is 0.313 e. The van der Waals surface area contributed by atoms with Gasteiger partial charge in [0.15, 0.2) is 0 Å². The summed E-state index contributed by atoms with van der Waals surface area (Å²) in [6.07, 6.45) is 6.26. The first kappa shape index (κ1) is 10.2. The number of ketones is 1. The van der Waals surface area contributed by atoms with Crippen molar-refractivity contribution in [3.05, 3.63) is 11.6 Å². The third-order valence-corrected chi connectivity index (χ3v) is 2.70. The molecule has 72 valence electrons. The lowest BCUT2D eigenvalue weighted by atomic mass is 9.78. The third kappa shape index (κ3) is 2.79. The van der Waals surface area contributed by atoms with Crippen LogP contribution < -0.4 is 0 Å². The Morgan fingerprint density at radius 3 is 3.00 bits per heavy atom. The van der Waals surface area contributed by atoms with E-state index in [0.717, 1.165) is 12.8 Å². The van der Waals surface area contributed by atoms with E-state index in [1.54, 1.807) is 6.92 Å². The van der Waals surface area contributed by atoms with Gasteiger partial charge in [-0.05, 0) is 38.8 Å². The molecule has 0 aromatic heterocycles. The SMILES string of the molecule is CC(=O)CC1CC=C(C)CC1C=N. The van der Waals surface area contributed by atoms with Crippen LogP contribution in [0.4, 0.5) is 0 Å². The average Bonchev–Trinajstić information content (AvgIpc) is 2.07. The fraction of sp³-hybridized carbons (Fsp3) is 0.636. The van der Waals surface area contributed by atoms with E-state index in [1.165, 1.54) is 11.8 Å². The monoisotopic (exact) mass is 179 g/mol. The highest BCUT2D eigenvalue weighted by Crippen LogP contribution is 2.30. The van der Waals surface area contributed by atoms with Crippen LogP contribution in [0.25, 0.3) is 0 Å². The van der Waals surface area contributed by atoms with Gasteiger partial charge in [-0.2, -0.15) is 0 Å². The Morgan fingerprint density at radius 1 is 1.77 bits per heavy atom. The lowest BCUT2D eigenvalue weighted by Crippen LogP contribution is -2.21. The summed E-state index contributed by atoms with van der Waals surface area (Å²) in [6.45, 7) is 3.73. The quantitative estimate of drug-likeness (QED) is 0.525. The highest BCUT2D eigenvalue weighted by atomic mass is 16.1. The number of Topliss-reactive ketones (excluding diaryl/α,β-unsaturated/α-hetero) is 1. The van der Waals surface area contributed by atoms with Crippen LogP contribution in [0.5, 0.6) is 0 Å². The second kappa shape index (κ2) is 4.35. The van der Waals surface area contributed by atoms with Crippen molar-refractivity contribution in [2.24, 2.45) is 11.8 Å². The molecule has 1 aliphatic carbocycles. The average molecular weight is 179 g/mol. The molecular formula is C11H17NO. The first-order valence-electron chi connectivity index (χ1n) is 4.79. The number of allylic oxidation sites excluding steroid dienone is 2. The number of carbonyl (C=O) groups is 1. The molecule has 0 fully saturated rings. The maximum absolute atomic E-state index is 11.0. The van der Waals surface area contributed by atoms with Crippen molar-refractivity contribution in [3.8, 4) is 0 Å². The molecule has 0 spiro atoms. The van der Waals surface area contributed by atoms with Crippen molar-refractivity contribution in [2.45, 2.75) is 33.1 Å². The Bertz CT molecular complexity index is 242. The molecule has 13 heavy (non-hydrogen) atoms. The van der Waals surface area contributed by atoms with Gasteiger partial charge in [-0.15, -0.1) is 0 Å². The van der Waals surface area contributed by atoms with Gasteiger partial charge in [0, 0.05) is 12.3 Å². The predicted molar refractivity (Wildman–Crippen MR) is 54.1 cm³/mol. The van der Waals surface area contributed by atoms with Crippen molar-refractivity contribution in [1.82, 2.24) is 0 Å². The number of carbonyl (C=O) groups excluding carboxylic acids is 1. The van der Waals surface area contributed by atoms with Gasteiger partial charge in [-0.1, -0.05) is 11.6 Å². The molecule has 2 unspecified atom stereocenters. The summed E-state index contributed by atoms with van der Waals surface area (Å²) >= 11 is 0. The van der Waals surface area contributed by atoms with Crippen molar-refractivity contribution in [1.29, 1.82) is 5.41 Å². The van der Waals surface area contributed by atoms with Gasteiger partial charge in [0.25, 0.3) is 0 Å². The lowest BCUT2D eigenvalue weighted by molar-refractivity contribution is -0.118. The normalized spacial score (nSPS) is 28.0. The van der Waals surface area contributed by atoms with E-state index in [1.807, 2.05) is 0 Å². The van der Waals surface area contributed by atoms with Gasteiger partial charge in [0.2, 0.25) is 0 Å². The maximum Gasteiger partial charge on any atom is 0.130 e. The standard InChI is InChI=1S/C11H17NO/c1-8-3-4-10(6-9(2)13)11(5-8)7-12/h3,7,10-12H,4-6H2,1-2H3. The molecule has 0 bridgehead atoms. The molecule has 0 saturated carbocycles. The molecule has 1 N–H and O–H groups in total. The first-order chi connectivity index (χ1) is 6.13. The Hall–Kier alpha value is -0.920. The number of nitrogens with one attached hydrogen (secondary N) is 1. The van der Waals surface area contributed by atoms with E-state index in [2.05, 4.69) is 13.0 Å². The highest BCUT2D eigenvalue weighted by Gasteiger charge is 2.23. The van der Waals surface area contributed by atoms with E-state index in [9.17, 15) is 4.79 Å². The van der Waals surface area contributed by atoms with Gasteiger partial charge < -0.3 is 10.2 Å². The Kier molecular flexibility index (Phi) is 3.40. The summed E-state index contributed by atoms with van der Waals surface area (Å²) in [5, 5.41) is 7.30. The second-order valence-electron chi connectivity index (χ2n) is 3.99. The van der Waals surface area contributed by atoms with Crippen LogP contribution >= 0.6 is 0 Å². The Morgan fingerprint density at radius 2 is 2.46 bits per heavy atom. The minimum Gasteiger partial charge on any atom is -0.313 e. The van der Waals surface area contributed by atoms with Gasteiger partial charge >= 0.3 is 0 Å². The maximum atomic E-state index is 11.0. The van der Waals surface area contributed by atoms with Crippen molar-refractivity contribution in [3.63, 3.8) is 0 Å². The summed E-state index contributed by atoms with van der Waals surface area (Å²) in [5.74, 6) is 0.900. The van der Waals surface area contributed by atoms with Gasteiger partial charge in [-0.3, -0.25) is 0 Å². The predicted octanol–water partition coefficient (Wildman–Crippen LogP) is 2.59. The van der Waals surface area contributed by atoms with E-state index >= 15 is 0 Å². The van der Waals surface area contributed by atoms with Gasteiger partial charge in [0.1, 0.15) is 5.78 Å². The minimum atomic E-state index is 0.241. The second-order valence-corrected chi connectivity index (χ2v) is 3.99. The number of rotatable bonds is 3. The molecule has 0 heterocycles. The van der Waals surface area contributed by atoms with E-state index in [-0.39, 0.29) is 11.7 Å². The van der Waals surface area contributed by atoms with Crippen LogP contribution in [-0.2, 0) is 4.79 Å². The molecule has 2 heteroatoms. The lowest BCUT2D eigenvalue weighted by Gasteiger charge is -2.26. The molecule has 0 amide bonds. The fourth-order valence-corrected chi connectivity index (χ4v) is 1.95. The zero-order valence-electron chi connectivity index (χ0n) is 8.34. The van der Waals surface area contributed by atoms with E-state index < -0.39 is 0 Å². The molecule has 0 radical (unpaired) electrons. The molecule has 2 nitrogen and oxygen atoms in total. The minimum absolute atomic E-state index is 0.241. The summed E-state index contributed by atoms with van der Waals surface area (Å²) < 4.78 is 0. The van der Waals surface area contributed by atoms with Crippen LogP contribution in [0, 0.1) is 17.2 Å². The summed E-state index contributed by atoms with van der Waals surface area (Å²) in [5.41, 5.74) is 1.35. The van der Waals surface area contributed by atoms with Crippen LogP contribution in [-0.4, -0.2) is 12.0 Å². The van der Waals surface area contributed by atoms with Crippen LogP contribution in [0.15, 0.2) is 11.6 Å². The summed E-state index contributed by atoms with van der Waals surface area (Å²) in [6, 6.07) is 0. The first-order valence-corrected chi connectivity index (χ1v) is 4.79. The molecule has 0 saturated heterocycles. The molecular weight excluding hydrogens is 162 g/mol. The molecule has 1 rings (SSSR count). The van der Waals surface area contributed by atoms with Crippen molar-refractivity contribution in [2.75, 3.05) is 0 Å². The van der Waals surface area contributed by atoms with Crippen LogP contribution in [0.3, 0.4) is 0 Å². The number of hydrogen-bond donors (Lipinski definition) is 1. The molecule has 0 aliphatic heterocycles. The molecule has 2 atom stereocenters. The number of hydrogen-bond acceptors (Lipinski definition) is 2. The third-order valence-electron chi connectivity index (χ3n) is 2.70. The van der Waals surface area contributed by atoms with E-state index in [0.29, 0.717) is 12.3 Å². The topological polar surface area (TPSA) is 40.9 Å². The molecule has 0 aromatic rings. The highest BCUT2D eigenvalue weighted by molar-refractivity contribution is 5.76. The Labute approximate surface area is 79.5 Å².